The van der Waals surface area contributed by atoms with Crippen molar-refractivity contribution in [1.82, 2.24) is 30.5 Å². The molecule has 1 aliphatic heterocycles. The number of hydrogen-bond acceptors (Lipinski definition) is 5. The third-order valence-electron chi connectivity index (χ3n) is 5.57. The zero-order chi connectivity index (χ0) is 19.8. The number of likely N-dealkylation sites (N-methyl/N-ethyl adjacent to an activating group) is 1. The smallest absolute Gasteiger partial charge is 0.273 e. The van der Waals surface area contributed by atoms with Crippen LogP contribution in [0.5, 0.6) is 0 Å². The number of nitrogens with one attached hydrogen (secondary N) is 2. The summed E-state index contributed by atoms with van der Waals surface area (Å²) in [6.07, 6.45) is 4.73. The molecule has 1 amide bonds. The quantitative estimate of drug-likeness (QED) is 0.691. The number of carbonyl (C=O) groups is 1. The fraction of sp³-hybridized carbons (Fsp3) is 0.571. The maximum Gasteiger partial charge on any atom is 0.273 e. The SMILES string of the molecule is CCN(CC)C(CNC(=O)c1cn(C2CCNCC2)nn1)Cc1ccccc1. The van der Waals surface area contributed by atoms with E-state index in [0.717, 1.165) is 45.4 Å². The number of benzene rings is 1. The van der Waals surface area contributed by atoms with Crippen LogP contribution in [0.15, 0.2) is 36.5 Å². The van der Waals surface area contributed by atoms with Crippen molar-refractivity contribution < 1.29 is 4.79 Å². The van der Waals surface area contributed by atoms with Crippen LogP contribution in [0.1, 0.15) is 48.8 Å². The highest BCUT2D eigenvalue weighted by atomic mass is 16.2. The molecule has 0 radical (unpaired) electrons. The third kappa shape index (κ3) is 5.39. The van der Waals surface area contributed by atoms with Gasteiger partial charge in [-0.05, 0) is 51.0 Å². The number of carbonyl (C=O) groups excluding carboxylic acids is 1. The highest BCUT2D eigenvalue weighted by Gasteiger charge is 2.21. The summed E-state index contributed by atoms with van der Waals surface area (Å²) in [6.45, 7) is 8.79. The summed E-state index contributed by atoms with van der Waals surface area (Å²) in [7, 11) is 0. The molecule has 1 aromatic heterocycles. The molecular formula is C21H32N6O. The fourth-order valence-corrected chi connectivity index (χ4v) is 3.89. The highest BCUT2D eigenvalue weighted by molar-refractivity contribution is 5.91. The molecule has 2 N–H and O–H groups in total. The van der Waals surface area contributed by atoms with Gasteiger partial charge in [0.15, 0.2) is 5.69 Å². The standard InChI is InChI=1S/C21H32N6O/c1-3-26(4-2)19(14-17-8-6-5-7-9-17)15-23-21(28)20-16-27(25-24-20)18-10-12-22-13-11-18/h5-9,16,18-19,22H,3-4,10-15H2,1-2H3,(H,23,28). The van der Waals surface area contributed by atoms with E-state index < -0.39 is 0 Å². The maximum absolute atomic E-state index is 12.6. The summed E-state index contributed by atoms with van der Waals surface area (Å²) in [5.41, 5.74) is 1.68. The number of hydrogen-bond donors (Lipinski definition) is 2. The minimum absolute atomic E-state index is 0.148. The van der Waals surface area contributed by atoms with E-state index in [1.165, 1.54) is 5.56 Å². The molecule has 2 aromatic rings. The van der Waals surface area contributed by atoms with Crippen molar-refractivity contribution in [3.8, 4) is 0 Å². The van der Waals surface area contributed by atoms with Gasteiger partial charge in [-0.25, -0.2) is 4.68 Å². The van der Waals surface area contributed by atoms with E-state index in [9.17, 15) is 4.79 Å². The minimum atomic E-state index is -0.148. The van der Waals surface area contributed by atoms with Crippen LogP contribution in [0.25, 0.3) is 0 Å². The normalized spacial score (nSPS) is 16.2. The van der Waals surface area contributed by atoms with E-state index in [2.05, 4.69) is 64.0 Å². The first-order chi connectivity index (χ1) is 13.7. The number of amides is 1. The molecule has 7 heteroatoms. The topological polar surface area (TPSA) is 75.1 Å². The first-order valence-electron chi connectivity index (χ1n) is 10.4. The van der Waals surface area contributed by atoms with Crippen molar-refractivity contribution >= 4 is 5.91 Å². The van der Waals surface area contributed by atoms with Crippen LogP contribution in [0, 0.1) is 0 Å². The van der Waals surface area contributed by atoms with Crippen molar-refractivity contribution in [3.63, 3.8) is 0 Å². The minimum Gasteiger partial charge on any atom is -0.349 e. The molecule has 1 unspecified atom stereocenters. The fourth-order valence-electron chi connectivity index (χ4n) is 3.89. The number of piperidine rings is 1. The monoisotopic (exact) mass is 384 g/mol. The lowest BCUT2D eigenvalue weighted by atomic mass is 10.0. The largest absolute Gasteiger partial charge is 0.349 e. The van der Waals surface area contributed by atoms with Crippen LogP contribution in [-0.2, 0) is 6.42 Å². The molecule has 1 saturated heterocycles. The average Bonchev–Trinajstić information content (AvgIpc) is 3.24. The molecule has 1 aliphatic rings. The van der Waals surface area contributed by atoms with E-state index in [-0.39, 0.29) is 11.9 Å². The van der Waals surface area contributed by atoms with Crippen molar-refractivity contribution in [3.05, 3.63) is 47.8 Å². The van der Waals surface area contributed by atoms with Gasteiger partial charge in [0.1, 0.15) is 0 Å². The predicted molar refractivity (Wildman–Crippen MR) is 110 cm³/mol. The molecule has 0 saturated carbocycles. The molecule has 0 spiro atoms. The van der Waals surface area contributed by atoms with Gasteiger partial charge in [0, 0.05) is 12.6 Å². The molecule has 0 bridgehead atoms. The molecule has 3 rings (SSSR count). The Morgan fingerprint density at radius 1 is 1.25 bits per heavy atom. The van der Waals surface area contributed by atoms with Crippen LogP contribution in [-0.4, -0.2) is 64.6 Å². The van der Waals surface area contributed by atoms with Crippen LogP contribution in [0.3, 0.4) is 0 Å². The van der Waals surface area contributed by atoms with Crippen molar-refractivity contribution in [1.29, 1.82) is 0 Å². The molecule has 2 heterocycles. The molecule has 7 nitrogen and oxygen atoms in total. The zero-order valence-corrected chi connectivity index (χ0v) is 17.0. The first kappa shape index (κ1) is 20.5. The summed E-state index contributed by atoms with van der Waals surface area (Å²) >= 11 is 0. The number of aromatic nitrogens is 3. The molecule has 152 valence electrons. The second-order valence-electron chi connectivity index (χ2n) is 7.34. The molecular weight excluding hydrogens is 352 g/mol. The van der Waals surface area contributed by atoms with Gasteiger partial charge in [0.2, 0.25) is 0 Å². The van der Waals surface area contributed by atoms with E-state index in [0.29, 0.717) is 18.3 Å². The summed E-state index contributed by atoms with van der Waals surface area (Å²) < 4.78 is 1.85. The van der Waals surface area contributed by atoms with Crippen molar-refractivity contribution in [2.24, 2.45) is 0 Å². The second-order valence-corrected chi connectivity index (χ2v) is 7.34. The molecule has 1 aromatic carbocycles. The Bertz CT molecular complexity index is 722. The molecule has 0 aliphatic carbocycles. The Morgan fingerprint density at radius 3 is 2.64 bits per heavy atom. The van der Waals surface area contributed by atoms with Crippen LogP contribution < -0.4 is 10.6 Å². The van der Waals surface area contributed by atoms with Crippen LogP contribution in [0.4, 0.5) is 0 Å². The lowest BCUT2D eigenvalue weighted by Gasteiger charge is -2.30. The molecule has 28 heavy (non-hydrogen) atoms. The van der Waals surface area contributed by atoms with Crippen LogP contribution in [0.2, 0.25) is 0 Å². The number of nitrogens with zero attached hydrogens (tertiary/aromatic N) is 4. The lowest BCUT2D eigenvalue weighted by Crippen LogP contribution is -2.45. The van der Waals surface area contributed by atoms with Gasteiger partial charge in [-0.2, -0.15) is 0 Å². The van der Waals surface area contributed by atoms with Gasteiger partial charge in [0.25, 0.3) is 5.91 Å². The Kier molecular flexibility index (Phi) is 7.56. The summed E-state index contributed by atoms with van der Waals surface area (Å²) in [4.78, 5) is 15.0. The molecule has 1 atom stereocenters. The zero-order valence-electron chi connectivity index (χ0n) is 17.0. The predicted octanol–water partition coefficient (Wildman–Crippen LogP) is 1.89. The van der Waals surface area contributed by atoms with E-state index in [4.69, 9.17) is 0 Å². The van der Waals surface area contributed by atoms with Gasteiger partial charge >= 0.3 is 0 Å². The van der Waals surface area contributed by atoms with Gasteiger partial charge in [-0.1, -0.05) is 49.4 Å². The van der Waals surface area contributed by atoms with Gasteiger partial charge in [0.05, 0.1) is 12.2 Å². The Morgan fingerprint density at radius 2 is 1.96 bits per heavy atom. The highest BCUT2D eigenvalue weighted by Crippen LogP contribution is 2.17. The van der Waals surface area contributed by atoms with Gasteiger partial charge in [-0.15, -0.1) is 5.10 Å². The first-order valence-corrected chi connectivity index (χ1v) is 10.4. The van der Waals surface area contributed by atoms with Gasteiger partial charge < -0.3 is 10.6 Å². The molecule has 1 fully saturated rings. The van der Waals surface area contributed by atoms with Crippen molar-refractivity contribution in [2.45, 2.75) is 45.2 Å². The summed E-state index contributed by atoms with van der Waals surface area (Å²) in [6, 6.07) is 11.0. The van der Waals surface area contributed by atoms with Crippen LogP contribution >= 0.6 is 0 Å². The lowest BCUT2D eigenvalue weighted by molar-refractivity contribution is 0.0929. The number of rotatable bonds is 9. The van der Waals surface area contributed by atoms with E-state index in [1.54, 1.807) is 6.20 Å². The summed E-state index contributed by atoms with van der Waals surface area (Å²) in [5, 5.41) is 14.7. The Hall–Kier alpha value is -2.25. The third-order valence-corrected chi connectivity index (χ3v) is 5.57. The maximum atomic E-state index is 12.6. The Balaban J connectivity index is 1.60. The second kappa shape index (κ2) is 10.3. The van der Waals surface area contributed by atoms with Crippen molar-refractivity contribution in [2.75, 3.05) is 32.7 Å². The van der Waals surface area contributed by atoms with E-state index >= 15 is 0 Å². The van der Waals surface area contributed by atoms with Gasteiger partial charge in [-0.3, -0.25) is 9.69 Å². The average molecular weight is 385 g/mol. The Labute approximate surface area is 167 Å². The van der Waals surface area contributed by atoms with E-state index in [1.807, 2.05) is 10.7 Å². The summed E-state index contributed by atoms with van der Waals surface area (Å²) in [5.74, 6) is -0.148.